The number of alkyl halides is 2. The molecule has 2 N–H and O–H groups in total. The first-order chi connectivity index (χ1) is 10.1. The van der Waals surface area contributed by atoms with Gasteiger partial charge >= 0.3 is 5.92 Å². The zero-order valence-electron chi connectivity index (χ0n) is 11.1. The number of aliphatic hydroxyl groups is 1. The van der Waals surface area contributed by atoms with E-state index in [0.717, 1.165) is 5.56 Å². The van der Waals surface area contributed by atoms with E-state index in [1.165, 1.54) is 11.3 Å². The number of nitrogens with one attached hydrogen (secondary N) is 1. The van der Waals surface area contributed by atoms with Gasteiger partial charge in [0.05, 0.1) is 6.10 Å². The van der Waals surface area contributed by atoms with Crippen LogP contribution < -0.4 is 5.32 Å². The fraction of sp³-hybridized carbons (Fsp3) is 0.333. The molecule has 1 aliphatic rings. The molecule has 1 saturated heterocycles. The van der Waals surface area contributed by atoms with Crippen LogP contribution in [0.4, 0.5) is 14.5 Å². The summed E-state index contributed by atoms with van der Waals surface area (Å²) in [5, 5.41) is 16.8. The Balaban J connectivity index is 1.64. The quantitative estimate of drug-likeness (QED) is 0.886. The number of halogens is 2. The summed E-state index contributed by atoms with van der Waals surface area (Å²) in [6.07, 6.45) is -1.79. The molecular weight excluding hydrogens is 296 g/mol. The van der Waals surface area contributed by atoms with Gasteiger partial charge in [0.1, 0.15) is 12.7 Å². The second-order valence-corrected chi connectivity index (χ2v) is 5.81. The maximum Gasteiger partial charge on any atom is 0.300 e. The number of hydrogen-bond donors (Lipinski definition) is 2. The Morgan fingerprint density at radius 1 is 1.43 bits per heavy atom. The highest BCUT2D eigenvalue weighted by Crippen LogP contribution is 2.43. The molecule has 0 aliphatic carbocycles. The van der Waals surface area contributed by atoms with Gasteiger partial charge in [-0.15, -0.1) is 0 Å². The molecule has 2 atom stereocenters. The topological polar surface area (TPSA) is 41.5 Å². The van der Waals surface area contributed by atoms with Crippen molar-refractivity contribution >= 4 is 17.0 Å². The predicted molar refractivity (Wildman–Crippen MR) is 77.9 cm³/mol. The number of hydrogen-bond acceptors (Lipinski definition) is 4. The van der Waals surface area contributed by atoms with Gasteiger partial charge in [0, 0.05) is 12.2 Å². The molecule has 0 radical (unpaired) electrons. The van der Waals surface area contributed by atoms with Gasteiger partial charge in [-0.2, -0.15) is 11.3 Å². The van der Waals surface area contributed by atoms with Crippen molar-refractivity contribution in [1.82, 2.24) is 0 Å². The lowest BCUT2D eigenvalue weighted by atomic mass is 9.99. The average molecular weight is 311 g/mol. The van der Waals surface area contributed by atoms with Crippen LogP contribution in [0, 0.1) is 0 Å². The van der Waals surface area contributed by atoms with Gasteiger partial charge in [-0.1, -0.05) is 12.1 Å². The molecule has 0 spiro atoms. The first-order valence-corrected chi connectivity index (χ1v) is 7.54. The van der Waals surface area contributed by atoms with Crippen molar-refractivity contribution in [2.45, 2.75) is 18.1 Å². The summed E-state index contributed by atoms with van der Waals surface area (Å²) in [5.41, 5.74) is 1.98. The van der Waals surface area contributed by atoms with Crippen LogP contribution >= 0.6 is 11.3 Å². The maximum absolute atomic E-state index is 13.3. The average Bonchev–Trinajstić information content (AvgIpc) is 2.98. The molecule has 2 unspecified atom stereocenters. The fourth-order valence-corrected chi connectivity index (χ4v) is 2.95. The number of thiophene rings is 1. The Kier molecular flexibility index (Phi) is 3.93. The van der Waals surface area contributed by atoms with E-state index in [2.05, 4.69) is 5.32 Å². The third kappa shape index (κ3) is 3.07. The largest absolute Gasteiger partial charge is 0.387 e. The van der Waals surface area contributed by atoms with Gasteiger partial charge in [0.25, 0.3) is 0 Å². The van der Waals surface area contributed by atoms with Gasteiger partial charge in [0.2, 0.25) is 0 Å². The summed E-state index contributed by atoms with van der Waals surface area (Å²) in [6, 6.07) is 8.60. The highest BCUT2D eigenvalue weighted by atomic mass is 32.1. The summed E-state index contributed by atoms with van der Waals surface area (Å²) in [4.78, 5) is 0. The summed E-state index contributed by atoms with van der Waals surface area (Å²) < 4.78 is 31.6. The predicted octanol–water partition coefficient (Wildman–Crippen LogP) is 3.60. The second kappa shape index (κ2) is 5.71. The van der Waals surface area contributed by atoms with E-state index in [9.17, 15) is 13.9 Å². The minimum Gasteiger partial charge on any atom is -0.387 e. The first kappa shape index (κ1) is 14.4. The highest BCUT2D eigenvalue weighted by Gasteiger charge is 2.51. The monoisotopic (exact) mass is 311 g/mol. The van der Waals surface area contributed by atoms with Crippen LogP contribution in [-0.4, -0.2) is 24.2 Å². The lowest BCUT2D eigenvalue weighted by Gasteiger charge is -2.36. The minimum atomic E-state index is -2.80. The smallest absolute Gasteiger partial charge is 0.300 e. The third-order valence-electron chi connectivity index (χ3n) is 3.44. The van der Waals surface area contributed by atoms with E-state index in [1.807, 2.05) is 16.8 Å². The van der Waals surface area contributed by atoms with Crippen molar-refractivity contribution in [2.75, 3.05) is 18.5 Å². The Bertz CT molecular complexity index is 603. The van der Waals surface area contributed by atoms with E-state index in [4.69, 9.17) is 4.74 Å². The normalized spacial score (nSPS) is 21.6. The van der Waals surface area contributed by atoms with E-state index < -0.39 is 24.7 Å². The number of rotatable bonds is 5. The van der Waals surface area contributed by atoms with Crippen LogP contribution in [0.15, 0.2) is 41.1 Å². The van der Waals surface area contributed by atoms with Crippen molar-refractivity contribution in [3.8, 4) is 0 Å². The Morgan fingerprint density at radius 2 is 2.29 bits per heavy atom. The van der Waals surface area contributed by atoms with Crippen LogP contribution in [0.1, 0.15) is 23.3 Å². The number of benzene rings is 1. The standard InChI is InChI=1S/C15H15F2NO2S/c16-15(17)9-20-14(15)10-2-1-3-12(6-10)18-7-13(19)11-4-5-21-8-11/h1-6,8,13-14,18-19H,7,9H2. The zero-order chi connectivity index (χ0) is 14.9. The Morgan fingerprint density at radius 3 is 2.90 bits per heavy atom. The highest BCUT2D eigenvalue weighted by molar-refractivity contribution is 7.07. The van der Waals surface area contributed by atoms with Crippen molar-refractivity contribution < 1.29 is 18.6 Å². The molecule has 1 aromatic heterocycles. The van der Waals surface area contributed by atoms with Crippen LogP contribution in [0.5, 0.6) is 0 Å². The van der Waals surface area contributed by atoms with E-state index in [1.54, 1.807) is 24.3 Å². The Hall–Kier alpha value is -1.50. The lowest BCUT2D eigenvalue weighted by Crippen LogP contribution is -2.44. The van der Waals surface area contributed by atoms with Gasteiger partial charge in [-0.05, 0) is 40.1 Å². The van der Waals surface area contributed by atoms with Gasteiger partial charge in [-0.25, -0.2) is 8.78 Å². The number of ether oxygens (including phenoxy) is 1. The van der Waals surface area contributed by atoms with Crippen molar-refractivity contribution in [2.24, 2.45) is 0 Å². The molecule has 1 aromatic carbocycles. The molecule has 0 saturated carbocycles. The van der Waals surface area contributed by atoms with Crippen LogP contribution in [-0.2, 0) is 4.74 Å². The van der Waals surface area contributed by atoms with Crippen molar-refractivity contribution in [3.05, 3.63) is 52.2 Å². The molecule has 2 aromatic rings. The number of aliphatic hydroxyl groups excluding tert-OH is 1. The van der Waals surface area contributed by atoms with Crippen LogP contribution in [0.2, 0.25) is 0 Å². The minimum absolute atomic E-state index is 0.322. The molecule has 3 rings (SSSR count). The molecule has 0 amide bonds. The SMILES string of the molecule is OC(CNc1cccc(C2OCC2(F)F)c1)c1ccsc1. The number of anilines is 1. The molecule has 1 aliphatic heterocycles. The van der Waals surface area contributed by atoms with Gasteiger partial charge in [0.15, 0.2) is 0 Å². The summed E-state index contributed by atoms with van der Waals surface area (Å²) in [5.74, 6) is -2.80. The maximum atomic E-state index is 13.3. The molecule has 2 heterocycles. The van der Waals surface area contributed by atoms with Crippen LogP contribution in [0.3, 0.4) is 0 Å². The Labute approximate surface area is 125 Å². The molecule has 6 heteroatoms. The van der Waals surface area contributed by atoms with Crippen molar-refractivity contribution in [1.29, 1.82) is 0 Å². The molecule has 21 heavy (non-hydrogen) atoms. The van der Waals surface area contributed by atoms with Crippen LogP contribution in [0.25, 0.3) is 0 Å². The molecule has 0 bridgehead atoms. The summed E-state index contributed by atoms with van der Waals surface area (Å²) in [7, 11) is 0. The third-order valence-corrected chi connectivity index (χ3v) is 4.14. The molecule has 112 valence electrons. The van der Waals surface area contributed by atoms with Gasteiger partial charge in [-0.3, -0.25) is 0 Å². The molecule has 1 fully saturated rings. The second-order valence-electron chi connectivity index (χ2n) is 5.03. The van der Waals surface area contributed by atoms with Crippen molar-refractivity contribution in [3.63, 3.8) is 0 Å². The van der Waals surface area contributed by atoms with E-state index >= 15 is 0 Å². The van der Waals surface area contributed by atoms with Gasteiger partial charge < -0.3 is 15.2 Å². The lowest BCUT2D eigenvalue weighted by molar-refractivity contribution is -0.268. The summed E-state index contributed by atoms with van der Waals surface area (Å²) >= 11 is 1.52. The first-order valence-electron chi connectivity index (χ1n) is 6.60. The fourth-order valence-electron chi connectivity index (χ4n) is 2.24. The molecule has 3 nitrogen and oxygen atoms in total. The zero-order valence-corrected chi connectivity index (χ0v) is 11.9. The summed E-state index contributed by atoms with van der Waals surface area (Å²) in [6.45, 7) is -0.200. The molecular formula is C15H15F2NO2S. The van der Waals surface area contributed by atoms with E-state index in [0.29, 0.717) is 17.8 Å². The van der Waals surface area contributed by atoms with E-state index in [-0.39, 0.29) is 0 Å².